The SMILES string of the molecule is Cc1cc(N2CCN(S(=O)(=O)c3ccc(C)c(C)c3)CC2)nc(N2CCOCC2)n1. The first-order valence-corrected chi connectivity index (χ1v) is 11.8. The van der Waals surface area contributed by atoms with Gasteiger partial charge in [0.1, 0.15) is 5.82 Å². The summed E-state index contributed by atoms with van der Waals surface area (Å²) in [5.74, 6) is 1.57. The number of ether oxygens (including phenoxy) is 1. The second-order valence-corrected chi connectivity index (χ2v) is 9.84. The molecule has 30 heavy (non-hydrogen) atoms. The van der Waals surface area contributed by atoms with Gasteiger partial charge in [-0.25, -0.2) is 13.4 Å². The highest BCUT2D eigenvalue weighted by Crippen LogP contribution is 2.23. The standard InChI is InChI=1S/C21H29N5O3S/c1-16-4-5-19(14-17(16)2)30(27,28)26-8-6-24(7-9-26)20-15-18(3)22-21(23-20)25-10-12-29-13-11-25/h4-5,14-15H,6-13H2,1-3H3. The zero-order valence-electron chi connectivity index (χ0n) is 17.8. The molecule has 0 saturated carbocycles. The van der Waals surface area contributed by atoms with E-state index >= 15 is 0 Å². The third kappa shape index (κ3) is 4.28. The molecule has 0 atom stereocenters. The summed E-state index contributed by atoms with van der Waals surface area (Å²) in [5.41, 5.74) is 2.99. The third-order valence-corrected chi connectivity index (χ3v) is 7.70. The topological polar surface area (TPSA) is 78.9 Å². The minimum atomic E-state index is -3.49. The molecule has 3 heterocycles. The molecule has 0 unspecified atom stereocenters. The number of hydrogen-bond donors (Lipinski definition) is 0. The minimum absolute atomic E-state index is 0.367. The molecule has 162 valence electrons. The van der Waals surface area contributed by atoms with Gasteiger partial charge in [-0.3, -0.25) is 0 Å². The summed E-state index contributed by atoms with van der Waals surface area (Å²) in [6.07, 6.45) is 0. The highest BCUT2D eigenvalue weighted by Gasteiger charge is 2.29. The Morgan fingerprint density at radius 1 is 0.833 bits per heavy atom. The van der Waals surface area contributed by atoms with E-state index in [0.717, 1.165) is 41.7 Å². The number of sulfonamides is 1. The quantitative estimate of drug-likeness (QED) is 0.730. The van der Waals surface area contributed by atoms with Crippen molar-refractivity contribution in [2.45, 2.75) is 25.7 Å². The van der Waals surface area contributed by atoms with Gasteiger partial charge in [-0.1, -0.05) is 6.07 Å². The molecule has 2 saturated heterocycles. The normalized spacial score (nSPS) is 18.6. The maximum atomic E-state index is 13.1. The molecular weight excluding hydrogens is 402 g/mol. The molecule has 2 aromatic rings. The molecule has 2 aliphatic heterocycles. The van der Waals surface area contributed by atoms with Gasteiger partial charge in [0.05, 0.1) is 18.1 Å². The van der Waals surface area contributed by atoms with E-state index in [1.54, 1.807) is 16.4 Å². The summed E-state index contributed by atoms with van der Waals surface area (Å²) in [4.78, 5) is 14.0. The van der Waals surface area contributed by atoms with Gasteiger partial charge >= 0.3 is 0 Å². The summed E-state index contributed by atoms with van der Waals surface area (Å²) >= 11 is 0. The van der Waals surface area contributed by atoms with Crippen molar-refractivity contribution < 1.29 is 13.2 Å². The highest BCUT2D eigenvalue weighted by molar-refractivity contribution is 7.89. The number of hydrogen-bond acceptors (Lipinski definition) is 7. The van der Waals surface area contributed by atoms with Crippen LogP contribution in [0.15, 0.2) is 29.2 Å². The average Bonchev–Trinajstić information content (AvgIpc) is 2.76. The lowest BCUT2D eigenvalue weighted by Gasteiger charge is -2.35. The second-order valence-electron chi connectivity index (χ2n) is 7.90. The number of piperazine rings is 1. The van der Waals surface area contributed by atoms with Crippen LogP contribution in [0.3, 0.4) is 0 Å². The molecule has 0 aliphatic carbocycles. The number of morpholine rings is 1. The molecule has 9 heteroatoms. The first kappa shape index (κ1) is 21.0. The monoisotopic (exact) mass is 431 g/mol. The fourth-order valence-electron chi connectivity index (χ4n) is 3.78. The number of anilines is 2. The van der Waals surface area contributed by atoms with Crippen LogP contribution in [0.2, 0.25) is 0 Å². The van der Waals surface area contributed by atoms with Crippen LogP contribution in [0.4, 0.5) is 11.8 Å². The fraction of sp³-hybridized carbons (Fsp3) is 0.524. The van der Waals surface area contributed by atoms with Crippen molar-refractivity contribution in [1.82, 2.24) is 14.3 Å². The molecule has 0 radical (unpaired) electrons. The van der Waals surface area contributed by atoms with E-state index in [1.165, 1.54) is 0 Å². The number of aryl methyl sites for hydroxylation is 3. The van der Waals surface area contributed by atoms with Gasteiger partial charge in [-0.15, -0.1) is 0 Å². The number of nitrogens with zero attached hydrogens (tertiary/aromatic N) is 5. The summed E-state index contributed by atoms with van der Waals surface area (Å²) in [5, 5.41) is 0. The van der Waals surface area contributed by atoms with E-state index in [0.29, 0.717) is 44.3 Å². The van der Waals surface area contributed by atoms with Crippen LogP contribution in [0.25, 0.3) is 0 Å². The maximum absolute atomic E-state index is 13.1. The Labute approximate surface area is 178 Å². The van der Waals surface area contributed by atoms with Crippen molar-refractivity contribution in [2.75, 3.05) is 62.3 Å². The molecule has 1 aromatic heterocycles. The lowest BCUT2D eigenvalue weighted by molar-refractivity contribution is 0.122. The van der Waals surface area contributed by atoms with E-state index in [9.17, 15) is 8.42 Å². The van der Waals surface area contributed by atoms with Crippen molar-refractivity contribution in [3.05, 3.63) is 41.1 Å². The fourth-order valence-corrected chi connectivity index (χ4v) is 5.29. The smallest absolute Gasteiger partial charge is 0.243 e. The molecular formula is C21H29N5O3S. The number of benzene rings is 1. The molecule has 0 spiro atoms. The number of aromatic nitrogens is 2. The van der Waals surface area contributed by atoms with Crippen molar-refractivity contribution in [3.8, 4) is 0 Å². The zero-order chi connectivity index (χ0) is 21.3. The lowest BCUT2D eigenvalue weighted by Crippen LogP contribution is -2.49. The Kier molecular flexibility index (Phi) is 5.95. The van der Waals surface area contributed by atoms with Gasteiger partial charge in [0.2, 0.25) is 16.0 Å². The first-order valence-electron chi connectivity index (χ1n) is 10.4. The molecule has 0 N–H and O–H groups in total. The van der Waals surface area contributed by atoms with Crippen LogP contribution in [-0.2, 0) is 14.8 Å². The van der Waals surface area contributed by atoms with Crippen molar-refractivity contribution in [2.24, 2.45) is 0 Å². The van der Waals surface area contributed by atoms with E-state index in [4.69, 9.17) is 9.72 Å². The Bertz CT molecular complexity index is 1010. The summed E-state index contributed by atoms with van der Waals surface area (Å²) in [6.45, 7) is 10.9. The number of rotatable bonds is 4. The van der Waals surface area contributed by atoms with Crippen LogP contribution in [-0.4, -0.2) is 75.2 Å². The molecule has 2 aliphatic rings. The van der Waals surface area contributed by atoms with Crippen molar-refractivity contribution >= 4 is 21.8 Å². The van der Waals surface area contributed by atoms with E-state index < -0.39 is 10.0 Å². The largest absolute Gasteiger partial charge is 0.378 e. The predicted molar refractivity (Wildman–Crippen MR) is 117 cm³/mol. The van der Waals surface area contributed by atoms with Gasteiger partial charge in [-0.2, -0.15) is 9.29 Å². The van der Waals surface area contributed by atoms with Crippen molar-refractivity contribution in [3.63, 3.8) is 0 Å². The summed E-state index contributed by atoms with van der Waals surface area (Å²) in [6, 6.07) is 7.30. The van der Waals surface area contributed by atoms with Gasteiger partial charge in [0, 0.05) is 51.0 Å². The molecule has 0 bridgehead atoms. The van der Waals surface area contributed by atoms with Crippen molar-refractivity contribution in [1.29, 1.82) is 0 Å². The van der Waals surface area contributed by atoms with Crippen LogP contribution in [0.5, 0.6) is 0 Å². The lowest BCUT2D eigenvalue weighted by atomic mass is 10.1. The Morgan fingerprint density at radius 2 is 1.53 bits per heavy atom. The van der Waals surface area contributed by atoms with Crippen LogP contribution in [0.1, 0.15) is 16.8 Å². The molecule has 0 amide bonds. The van der Waals surface area contributed by atoms with E-state index in [-0.39, 0.29) is 0 Å². The molecule has 1 aromatic carbocycles. The van der Waals surface area contributed by atoms with Gasteiger partial charge < -0.3 is 14.5 Å². The Hall–Kier alpha value is -2.23. The summed E-state index contributed by atoms with van der Waals surface area (Å²) < 4.78 is 33.1. The first-order chi connectivity index (χ1) is 14.3. The van der Waals surface area contributed by atoms with Crippen LogP contribution >= 0.6 is 0 Å². The Balaban J connectivity index is 1.48. The maximum Gasteiger partial charge on any atom is 0.243 e. The molecule has 2 fully saturated rings. The second kappa shape index (κ2) is 8.49. The van der Waals surface area contributed by atoms with E-state index in [1.807, 2.05) is 32.9 Å². The Morgan fingerprint density at radius 3 is 2.20 bits per heavy atom. The highest BCUT2D eigenvalue weighted by atomic mass is 32.2. The van der Waals surface area contributed by atoms with Crippen LogP contribution < -0.4 is 9.80 Å². The molecule has 4 rings (SSSR count). The van der Waals surface area contributed by atoms with Gasteiger partial charge in [0.15, 0.2) is 0 Å². The predicted octanol–water partition coefficient (Wildman–Crippen LogP) is 1.75. The van der Waals surface area contributed by atoms with E-state index in [2.05, 4.69) is 14.8 Å². The zero-order valence-corrected chi connectivity index (χ0v) is 18.7. The van der Waals surface area contributed by atoms with Gasteiger partial charge in [0.25, 0.3) is 0 Å². The minimum Gasteiger partial charge on any atom is -0.378 e. The third-order valence-electron chi connectivity index (χ3n) is 5.80. The van der Waals surface area contributed by atoms with Crippen LogP contribution in [0, 0.1) is 20.8 Å². The van der Waals surface area contributed by atoms with Gasteiger partial charge in [-0.05, 0) is 44.0 Å². The summed E-state index contributed by atoms with van der Waals surface area (Å²) in [7, 11) is -3.49. The average molecular weight is 432 g/mol. The molecule has 8 nitrogen and oxygen atoms in total.